The molecule has 1 fully saturated rings. The average molecular weight is 398 g/mol. The minimum atomic E-state index is -0.459. The van der Waals surface area contributed by atoms with Crippen molar-refractivity contribution in [2.24, 2.45) is 11.3 Å². The van der Waals surface area contributed by atoms with Crippen LogP contribution in [0, 0.1) is 11.3 Å². The largest absolute Gasteiger partial charge is 0.456 e. The molecule has 1 aliphatic carbocycles. The van der Waals surface area contributed by atoms with Crippen LogP contribution in [-0.4, -0.2) is 23.7 Å². The highest BCUT2D eigenvalue weighted by Gasteiger charge is 2.64. The highest BCUT2D eigenvalue weighted by Crippen LogP contribution is 2.55. The van der Waals surface area contributed by atoms with Crippen LogP contribution in [0.1, 0.15) is 58.8 Å². The van der Waals surface area contributed by atoms with Gasteiger partial charge in [0.05, 0.1) is 17.7 Å². The summed E-state index contributed by atoms with van der Waals surface area (Å²) in [6.07, 6.45) is 2.80. The summed E-state index contributed by atoms with van der Waals surface area (Å²) in [6, 6.07) is 15.0. The van der Waals surface area contributed by atoms with Crippen molar-refractivity contribution >= 4 is 5.97 Å². The number of para-hydroxylation sites is 1. The molecule has 0 aliphatic heterocycles. The molecule has 1 aromatic heterocycles. The monoisotopic (exact) mass is 397 g/mol. The van der Waals surface area contributed by atoms with E-state index in [1.807, 2.05) is 49.4 Å². The Morgan fingerprint density at radius 2 is 1.86 bits per heavy atom. The predicted molar refractivity (Wildman–Crippen MR) is 112 cm³/mol. The van der Waals surface area contributed by atoms with Crippen LogP contribution >= 0.6 is 0 Å². The van der Waals surface area contributed by atoms with Gasteiger partial charge in [-0.1, -0.05) is 57.9 Å². The normalized spacial score (nSPS) is 20.7. The number of aromatic nitrogens is 1. The van der Waals surface area contributed by atoms with Crippen LogP contribution in [0.3, 0.4) is 0 Å². The van der Waals surface area contributed by atoms with Crippen molar-refractivity contribution in [2.75, 3.05) is 6.61 Å². The minimum Gasteiger partial charge on any atom is -0.456 e. The molecular weight excluding hydrogens is 366 g/mol. The summed E-state index contributed by atoms with van der Waals surface area (Å²) >= 11 is 0. The third kappa shape index (κ3) is 5.36. The SMILES string of the molecule is CCCCCOC1C(C(=O)OC(C)c2cccc(Oc3ccccc3)n2)C1(C)C. The molecule has 0 amide bonds. The van der Waals surface area contributed by atoms with E-state index in [2.05, 4.69) is 25.8 Å². The molecule has 0 N–H and O–H groups in total. The van der Waals surface area contributed by atoms with Gasteiger partial charge < -0.3 is 14.2 Å². The summed E-state index contributed by atoms with van der Waals surface area (Å²) in [6.45, 7) is 8.80. The molecule has 0 spiro atoms. The van der Waals surface area contributed by atoms with Crippen molar-refractivity contribution in [3.8, 4) is 11.6 Å². The summed E-state index contributed by atoms with van der Waals surface area (Å²) < 4.78 is 17.4. The third-order valence-electron chi connectivity index (χ3n) is 5.45. The quantitative estimate of drug-likeness (QED) is 0.380. The first-order valence-corrected chi connectivity index (χ1v) is 10.5. The molecule has 1 heterocycles. The first-order valence-electron chi connectivity index (χ1n) is 10.5. The van der Waals surface area contributed by atoms with Crippen LogP contribution in [0.25, 0.3) is 0 Å². The molecule has 0 saturated heterocycles. The molecule has 156 valence electrons. The van der Waals surface area contributed by atoms with Gasteiger partial charge in [0.1, 0.15) is 11.9 Å². The first-order chi connectivity index (χ1) is 13.9. The fraction of sp³-hybridized carbons (Fsp3) is 0.500. The summed E-state index contributed by atoms with van der Waals surface area (Å²) in [4.78, 5) is 17.2. The van der Waals surface area contributed by atoms with Gasteiger partial charge in [-0.25, -0.2) is 4.98 Å². The van der Waals surface area contributed by atoms with Crippen molar-refractivity contribution in [2.45, 2.75) is 59.2 Å². The number of ether oxygens (including phenoxy) is 3. The van der Waals surface area contributed by atoms with Crippen LogP contribution in [0.15, 0.2) is 48.5 Å². The van der Waals surface area contributed by atoms with Gasteiger partial charge in [0.2, 0.25) is 5.88 Å². The number of esters is 1. The number of nitrogens with zero attached hydrogens (tertiary/aromatic N) is 1. The van der Waals surface area contributed by atoms with E-state index in [-0.39, 0.29) is 23.4 Å². The van der Waals surface area contributed by atoms with Gasteiger partial charge in [-0.2, -0.15) is 0 Å². The summed E-state index contributed by atoms with van der Waals surface area (Å²) in [5.74, 6) is 0.736. The number of carbonyl (C=O) groups is 1. The van der Waals surface area contributed by atoms with E-state index in [0.29, 0.717) is 23.9 Å². The molecule has 5 heteroatoms. The van der Waals surface area contributed by atoms with E-state index >= 15 is 0 Å². The lowest BCUT2D eigenvalue weighted by molar-refractivity contribution is -0.152. The van der Waals surface area contributed by atoms with Gasteiger partial charge in [-0.3, -0.25) is 4.79 Å². The molecule has 0 radical (unpaired) electrons. The van der Waals surface area contributed by atoms with Gasteiger partial charge in [-0.15, -0.1) is 0 Å². The molecule has 0 bridgehead atoms. The zero-order valence-corrected chi connectivity index (χ0v) is 17.8. The molecule has 29 heavy (non-hydrogen) atoms. The summed E-state index contributed by atoms with van der Waals surface area (Å²) in [5, 5.41) is 0. The number of hydrogen-bond acceptors (Lipinski definition) is 5. The zero-order chi connectivity index (χ0) is 20.9. The Labute approximate surface area is 173 Å². The van der Waals surface area contributed by atoms with E-state index in [4.69, 9.17) is 14.2 Å². The van der Waals surface area contributed by atoms with Gasteiger partial charge in [0.25, 0.3) is 0 Å². The highest BCUT2D eigenvalue weighted by atomic mass is 16.6. The van der Waals surface area contributed by atoms with E-state index in [0.717, 1.165) is 19.3 Å². The molecule has 3 rings (SSSR count). The van der Waals surface area contributed by atoms with Gasteiger partial charge in [0.15, 0.2) is 0 Å². The number of carbonyl (C=O) groups excluding carboxylic acids is 1. The molecule has 3 unspecified atom stereocenters. The maximum atomic E-state index is 12.7. The van der Waals surface area contributed by atoms with E-state index in [1.165, 1.54) is 0 Å². The van der Waals surface area contributed by atoms with Crippen LogP contribution in [0.4, 0.5) is 0 Å². The number of benzene rings is 1. The fourth-order valence-electron chi connectivity index (χ4n) is 3.52. The van der Waals surface area contributed by atoms with Crippen molar-refractivity contribution < 1.29 is 19.0 Å². The lowest BCUT2D eigenvalue weighted by atomic mass is 10.1. The Morgan fingerprint density at radius 3 is 2.59 bits per heavy atom. The second-order valence-corrected chi connectivity index (χ2v) is 8.19. The van der Waals surface area contributed by atoms with Crippen molar-refractivity contribution in [3.63, 3.8) is 0 Å². The van der Waals surface area contributed by atoms with E-state index in [1.54, 1.807) is 6.07 Å². The van der Waals surface area contributed by atoms with Gasteiger partial charge in [-0.05, 0) is 31.5 Å². The maximum absolute atomic E-state index is 12.7. The molecule has 5 nitrogen and oxygen atoms in total. The Morgan fingerprint density at radius 1 is 1.10 bits per heavy atom. The Bertz CT molecular complexity index is 806. The predicted octanol–water partition coefficient (Wildman–Crippen LogP) is 5.71. The van der Waals surface area contributed by atoms with Crippen LogP contribution < -0.4 is 4.74 Å². The number of hydrogen-bond donors (Lipinski definition) is 0. The van der Waals surface area contributed by atoms with Crippen LogP contribution in [-0.2, 0) is 14.3 Å². The molecule has 1 saturated carbocycles. The molecule has 1 aromatic carbocycles. The second-order valence-electron chi connectivity index (χ2n) is 8.19. The minimum absolute atomic E-state index is 0.0697. The highest BCUT2D eigenvalue weighted by molar-refractivity contribution is 5.78. The van der Waals surface area contributed by atoms with Gasteiger partial charge >= 0.3 is 5.97 Å². The summed E-state index contributed by atoms with van der Waals surface area (Å²) in [5.41, 5.74) is 0.472. The zero-order valence-electron chi connectivity index (χ0n) is 17.8. The fourth-order valence-corrected chi connectivity index (χ4v) is 3.52. The number of rotatable bonds is 10. The van der Waals surface area contributed by atoms with Crippen molar-refractivity contribution in [1.29, 1.82) is 0 Å². The van der Waals surface area contributed by atoms with Crippen molar-refractivity contribution in [1.82, 2.24) is 4.98 Å². The van der Waals surface area contributed by atoms with E-state index < -0.39 is 6.10 Å². The van der Waals surface area contributed by atoms with Gasteiger partial charge in [0, 0.05) is 18.1 Å². The lowest BCUT2D eigenvalue weighted by Gasteiger charge is -2.14. The van der Waals surface area contributed by atoms with E-state index in [9.17, 15) is 4.79 Å². The van der Waals surface area contributed by atoms with Crippen LogP contribution in [0.5, 0.6) is 11.6 Å². The lowest BCUT2D eigenvalue weighted by Crippen LogP contribution is -2.15. The summed E-state index contributed by atoms with van der Waals surface area (Å²) in [7, 11) is 0. The average Bonchev–Trinajstić information content (AvgIpc) is 3.26. The van der Waals surface area contributed by atoms with Crippen LogP contribution in [0.2, 0.25) is 0 Å². The Hall–Kier alpha value is -2.40. The first kappa shape index (κ1) is 21.3. The Balaban J connectivity index is 1.56. The molecule has 3 atom stereocenters. The topological polar surface area (TPSA) is 57.7 Å². The standard InChI is InChI=1S/C24H31NO4/c1-5-6-10-16-27-22-21(24(22,3)4)23(26)28-17(2)19-14-11-15-20(25-19)29-18-12-8-7-9-13-18/h7-9,11-15,17,21-22H,5-6,10,16H2,1-4H3. The molecule has 1 aliphatic rings. The third-order valence-corrected chi connectivity index (χ3v) is 5.45. The smallest absolute Gasteiger partial charge is 0.312 e. The van der Waals surface area contributed by atoms with Crippen molar-refractivity contribution in [3.05, 3.63) is 54.2 Å². The number of pyridine rings is 1. The maximum Gasteiger partial charge on any atom is 0.312 e. The second kappa shape index (κ2) is 9.40. The Kier molecular flexibility index (Phi) is 6.91. The molecular formula is C24H31NO4. The molecule has 2 aromatic rings. The number of unbranched alkanes of at least 4 members (excludes halogenated alkanes) is 2.